The number of aryl methyl sites for hydroxylation is 1. The topological polar surface area (TPSA) is 37.8 Å². The van der Waals surface area contributed by atoms with Gasteiger partial charge in [-0.05, 0) is 42.7 Å². The van der Waals surface area contributed by atoms with E-state index in [1.54, 1.807) is 0 Å². The first-order chi connectivity index (χ1) is 9.17. The monoisotopic (exact) mass is 283 g/mol. The van der Waals surface area contributed by atoms with Crippen LogP contribution in [-0.4, -0.2) is 16.1 Å². The van der Waals surface area contributed by atoms with Crippen LogP contribution in [0.4, 0.5) is 8.78 Å². The minimum absolute atomic E-state index is 0.294. The Morgan fingerprint density at radius 1 is 1.32 bits per heavy atom. The number of nitrogens with zero attached hydrogens (tertiary/aromatic N) is 2. The first-order valence-electron chi connectivity index (χ1n) is 6.16. The molecule has 19 heavy (non-hydrogen) atoms. The first-order valence-corrected chi connectivity index (χ1v) is 6.94. The van der Waals surface area contributed by atoms with Crippen LogP contribution in [0.25, 0.3) is 0 Å². The summed E-state index contributed by atoms with van der Waals surface area (Å²) in [6.45, 7) is 4.52. The summed E-state index contributed by atoms with van der Waals surface area (Å²) in [7, 11) is 0. The molecule has 0 fully saturated rings. The molecule has 1 aromatic carbocycles. The maximum Gasteiger partial charge on any atom is 0.128 e. The molecule has 2 rings (SSSR count). The van der Waals surface area contributed by atoms with Gasteiger partial charge in [-0.2, -0.15) is 0 Å². The lowest BCUT2D eigenvalue weighted by atomic mass is 10.0. The third-order valence-electron chi connectivity index (χ3n) is 2.86. The molecule has 0 aliphatic rings. The number of hydrogen-bond donors (Lipinski definition) is 1. The molecule has 102 valence electrons. The van der Waals surface area contributed by atoms with Gasteiger partial charge in [0.2, 0.25) is 0 Å². The van der Waals surface area contributed by atoms with Crippen LogP contribution in [0.15, 0.2) is 18.2 Å². The van der Waals surface area contributed by atoms with Gasteiger partial charge >= 0.3 is 0 Å². The van der Waals surface area contributed by atoms with Gasteiger partial charge in [0.1, 0.15) is 11.6 Å². The summed E-state index contributed by atoms with van der Waals surface area (Å²) in [4.78, 5) is 0.842. The molecule has 0 amide bonds. The Bertz CT molecular complexity index is 557. The lowest BCUT2D eigenvalue weighted by Crippen LogP contribution is -2.23. The number of aromatic nitrogens is 2. The van der Waals surface area contributed by atoms with Crippen molar-refractivity contribution in [1.82, 2.24) is 14.9 Å². The average Bonchev–Trinajstić information content (AvgIpc) is 2.87. The molecule has 1 unspecified atom stereocenters. The summed E-state index contributed by atoms with van der Waals surface area (Å²) < 4.78 is 31.2. The Hall–Kier alpha value is -1.40. The van der Waals surface area contributed by atoms with Crippen LogP contribution in [0.2, 0.25) is 0 Å². The lowest BCUT2D eigenvalue weighted by molar-refractivity contribution is 0.546. The van der Waals surface area contributed by atoms with Gasteiger partial charge < -0.3 is 5.32 Å². The second-order valence-corrected chi connectivity index (χ2v) is 4.88. The van der Waals surface area contributed by atoms with E-state index in [0.29, 0.717) is 18.5 Å². The van der Waals surface area contributed by atoms with E-state index in [9.17, 15) is 8.78 Å². The fourth-order valence-electron chi connectivity index (χ4n) is 1.96. The quantitative estimate of drug-likeness (QED) is 0.916. The number of hydrogen-bond acceptors (Lipinski definition) is 4. The van der Waals surface area contributed by atoms with E-state index in [4.69, 9.17) is 0 Å². The summed E-state index contributed by atoms with van der Waals surface area (Å²) >= 11 is 1.22. The predicted molar refractivity (Wildman–Crippen MR) is 71.2 cm³/mol. The molecule has 0 aliphatic carbocycles. The Morgan fingerprint density at radius 3 is 2.79 bits per heavy atom. The summed E-state index contributed by atoms with van der Waals surface area (Å²) in [6.07, 6.45) is 0.713. The number of benzene rings is 1. The van der Waals surface area contributed by atoms with Crippen LogP contribution in [0, 0.1) is 11.6 Å². The summed E-state index contributed by atoms with van der Waals surface area (Å²) in [6, 6.07) is 3.08. The van der Waals surface area contributed by atoms with Crippen LogP contribution in [0.5, 0.6) is 0 Å². The van der Waals surface area contributed by atoms with Gasteiger partial charge in [-0.25, -0.2) is 8.78 Å². The highest BCUT2D eigenvalue weighted by molar-refractivity contribution is 7.05. The molecular weight excluding hydrogens is 268 g/mol. The molecule has 1 aromatic heterocycles. The molecule has 0 bridgehead atoms. The molecule has 1 atom stereocenters. The zero-order chi connectivity index (χ0) is 13.8. The maximum absolute atomic E-state index is 13.9. The van der Waals surface area contributed by atoms with Crippen molar-refractivity contribution in [2.75, 3.05) is 6.54 Å². The fraction of sp³-hybridized carbons (Fsp3) is 0.385. The van der Waals surface area contributed by atoms with Gasteiger partial charge in [0, 0.05) is 5.56 Å². The molecule has 1 heterocycles. The van der Waals surface area contributed by atoms with E-state index in [1.807, 2.05) is 13.8 Å². The van der Waals surface area contributed by atoms with Crippen molar-refractivity contribution in [3.8, 4) is 0 Å². The molecule has 2 aromatic rings. The van der Waals surface area contributed by atoms with Crippen molar-refractivity contribution >= 4 is 11.5 Å². The highest BCUT2D eigenvalue weighted by Crippen LogP contribution is 2.29. The maximum atomic E-state index is 13.9. The van der Waals surface area contributed by atoms with E-state index in [-0.39, 0.29) is 0 Å². The van der Waals surface area contributed by atoms with Crippen LogP contribution in [0.1, 0.15) is 36.0 Å². The summed E-state index contributed by atoms with van der Waals surface area (Å²) in [5.41, 5.74) is 1.11. The SMILES string of the molecule is CCNC(c1cc(F)ccc1F)c1snnc1CC. The molecule has 0 spiro atoms. The van der Waals surface area contributed by atoms with Crippen molar-refractivity contribution in [3.05, 3.63) is 46.0 Å². The molecule has 6 heteroatoms. The Balaban J connectivity index is 2.48. The average molecular weight is 283 g/mol. The van der Waals surface area contributed by atoms with Crippen molar-refractivity contribution in [1.29, 1.82) is 0 Å². The van der Waals surface area contributed by atoms with E-state index in [1.165, 1.54) is 17.6 Å². The number of rotatable bonds is 5. The molecular formula is C13H15F2N3S. The number of halogens is 2. The third kappa shape index (κ3) is 2.96. The van der Waals surface area contributed by atoms with Crippen molar-refractivity contribution in [2.45, 2.75) is 26.3 Å². The van der Waals surface area contributed by atoms with Crippen LogP contribution in [-0.2, 0) is 6.42 Å². The van der Waals surface area contributed by atoms with Crippen LogP contribution >= 0.6 is 11.5 Å². The van der Waals surface area contributed by atoms with E-state index in [0.717, 1.165) is 22.7 Å². The zero-order valence-corrected chi connectivity index (χ0v) is 11.6. The highest BCUT2D eigenvalue weighted by Gasteiger charge is 2.23. The van der Waals surface area contributed by atoms with Crippen LogP contribution in [0.3, 0.4) is 0 Å². The van der Waals surface area contributed by atoms with Gasteiger partial charge in [0.05, 0.1) is 16.6 Å². The van der Waals surface area contributed by atoms with E-state index >= 15 is 0 Å². The number of nitrogens with one attached hydrogen (secondary N) is 1. The Morgan fingerprint density at radius 2 is 2.11 bits per heavy atom. The summed E-state index contributed by atoms with van der Waals surface area (Å²) in [5.74, 6) is -0.877. The normalized spacial score (nSPS) is 12.6. The Labute approximate surface area is 114 Å². The molecule has 1 N–H and O–H groups in total. The molecule has 3 nitrogen and oxygen atoms in total. The predicted octanol–water partition coefficient (Wildman–Crippen LogP) is 3.08. The van der Waals surface area contributed by atoms with Gasteiger partial charge in [-0.1, -0.05) is 18.3 Å². The minimum Gasteiger partial charge on any atom is -0.306 e. The van der Waals surface area contributed by atoms with Crippen molar-refractivity contribution in [3.63, 3.8) is 0 Å². The Kier molecular flexibility index (Phi) is 4.55. The largest absolute Gasteiger partial charge is 0.306 e. The second-order valence-electron chi connectivity index (χ2n) is 4.09. The summed E-state index contributed by atoms with van der Waals surface area (Å²) in [5, 5.41) is 7.20. The fourth-order valence-corrected chi connectivity index (χ4v) is 2.80. The zero-order valence-electron chi connectivity index (χ0n) is 10.8. The highest BCUT2D eigenvalue weighted by atomic mass is 32.1. The van der Waals surface area contributed by atoms with Crippen molar-refractivity contribution in [2.24, 2.45) is 0 Å². The molecule has 0 radical (unpaired) electrons. The van der Waals surface area contributed by atoms with Gasteiger partial charge in [-0.3, -0.25) is 0 Å². The van der Waals surface area contributed by atoms with E-state index < -0.39 is 17.7 Å². The lowest BCUT2D eigenvalue weighted by Gasteiger charge is -2.18. The second kappa shape index (κ2) is 6.16. The third-order valence-corrected chi connectivity index (χ3v) is 3.69. The molecule has 0 saturated heterocycles. The van der Waals surface area contributed by atoms with Gasteiger partial charge in [0.25, 0.3) is 0 Å². The van der Waals surface area contributed by atoms with Gasteiger partial charge in [-0.15, -0.1) is 5.10 Å². The van der Waals surface area contributed by atoms with Crippen molar-refractivity contribution < 1.29 is 8.78 Å². The molecule has 0 aliphatic heterocycles. The minimum atomic E-state index is -0.449. The van der Waals surface area contributed by atoms with E-state index in [2.05, 4.69) is 14.9 Å². The first kappa shape index (κ1) is 14.0. The molecule has 0 saturated carbocycles. The smallest absolute Gasteiger partial charge is 0.128 e. The van der Waals surface area contributed by atoms with Gasteiger partial charge in [0.15, 0.2) is 0 Å². The standard InChI is InChI=1S/C13H15F2N3S/c1-3-11-13(19-18-17-11)12(16-4-2)9-7-8(14)5-6-10(9)15/h5-7,12,16H,3-4H2,1-2H3. The van der Waals surface area contributed by atoms with Crippen LogP contribution < -0.4 is 5.32 Å².